The molecule has 1 aliphatic heterocycles. The third-order valence-corrected chi connectivity index (χ3v) is 5.39. The summed E-state index contributed by atoms with van der Waals surface area (Å²) in [6.45, 7) is 7.20. The lowest BCUT2D eigenvalue weighted by Gasteiger charge is -2.17. The van der Waals surface area contributed by atoms with Crippen molar-refractivity contribution in [2.24, 2.45) is 5.92 Å². The van der Waals surface area contributed by atoms with Crippen molar-refractivity contribution in [3.63, 3.8) is 0 Å². The van der Waals surface area contributed by atoms with E-state index in [-0.39, 0.29) is 37.4 Å². The highest BCUT2D eigenvalue weighted by Gasteiger charge is 2.36. The predicted octanol–water partition coefficient (Wildman–Crippen LogP) is 3.65. The van der Waals surface area contributed by atoms with Gasteiger partial charge in [0.15, 0.2) is 12.4 Å². The molecule has 32 heavy (non-hydrogen) atoms. The van der Waals surface area contributed by atoms with Crippen LogP contribution < -0.4 is 4.90 Å². The number of aryl methyl sites for hydroxylation is 2. The molecule has 1 saturated heterocycles. The number of hydrogen-bond donors (Lipinski definition) is 0. The molecular weight excluding hydrogens is 410 g/mol. The van der Waals surface area contributed by atoms with E-state index in [9.17, 15) is 19.2 Å². The smallest absolute Gasteiger partial charge is 0.338 e. The van der Waals surface area contributed by atoms with Crippen LogP contribution in [0, 0.1) is 19.8 Å². The summed E-state index contributed by atoms with van der Waals surface area (Å²) < 4.78 is 10.4. The quantitative estimate of drug-likeness (QED) is 0.485. The van der Waals surface area contributed by atoms with Crippen LogP contribution in [0.5, 0.6) is 0 Å². The van der Waals surface area contributed by atoms with Gasteiger partial charge in [-0.1, -0.05) is 12.1 Å². The van der Waals surface area contributed by atoms with Gasteiger partial charge in [0.2, 0.25) is 5.91 Å². The Kier molecular flexibility index (Phi) is 7.08. The normalized spacial score (nSPS) is 15.7. The van der Waals surface area contributed by atoms with E-state index in [1.165, 1.54) is 4.90 Å². The van der Waals surface area contributed by atoms with Gasteiger partial charge in [-0.05, 0) is 69.2 Å². The molecule has 2 aromatic carbocycles. The van der Waals surface area contributed by atoms with Gasteiger partial charge in [-0.2, -0.15) is 0 Å². The number of benzene rings is 2. The fourth-order valence-electron chi connectivity index (χ4n) is 3.43. The molecule has 1 aliphatic rings. The summed E-state index contributed by atoms with van der Waals surface area (Å²) in [5, 5.41) is 0. The molecule has 0 radical (unpaired) electrons. The van der Waals surface area contributed by atoms with Crippen LogP contribution in [0.1, 0.15) is 52.1 Å². The fraction of sp³-hybridized carbons (Fsp3) is 0.360. The van der Waals surface area contributed by atoms with Gasteiger partial charge in [-0.3, -0.25) is 14.4 Å². The predicted molar refractivity (Wildman–Crippen MR) is 119 cm³/mol. The van der Waals surface area contributed by atoms with Crippen molar-refractivity contribution in [3.8, 4) is 0 Å². The van der Waals surface area contributed by atoms with Crippen molar-refractivity contribution in [3.05, 3.63) is 64.7 Å². The second kappa shape index (κ2) is 9.77. The maximum absolute atomic E-state index is 12.5. The Hall–Kier alpha value is -3.48. The van der Waals surface area contributed by atoms with E-state index < -0.39 is 17.9 Å². The van der Waals surface area contributed by atoms with Crippen molar-refractivity contribution in [1.29, 1.82) is 0 Å². The molecule has 168 valence electrons. The molecule has 1 amide bonds. The zero-order valence-electron chi connectivity index (χ0n) is 18.7. The largest absolute Gasteiger partial charge is 0.459 e. The van der Waals surface area contributed by atoms with Crippen LogP contribution in [0.4, 0.5) is 5.69 Å². The maximum Gasteiger partial charge on any atom is 0.338 e. The van der Waals surface area contributed by atoms with Crippen LogP contribution in [0.15, 0.2) is 42.5 Å². The van der Waals surface area contributed by atoms with Crippen molar-refractivity contribution >= 4 is 29.3 Å². The van der Waals surface area contributed by atoms with Gasteiger partial charge in [0.1, 0.15) is 0 Å². The Labute approximate surface area is 187 Å². The highest BCUT2D eigenvalue weighted by molar-refractivity contribution is 6.01. The molecule has 0 aliphatic carbocycles. The summed E-state index contributed by atoms with van der Waals surface area (Å²) in [6.07, 6.45) is -0.218. The number of amides is 1. The van der Waals surface area contributed by atoms with Gasteiger partial charge in [0, 0.05) is 24.2 Å². The first-order chi connectivity index (χ1) is 15.2. The SMILES string of the molecule is Cc1ccc(C(=O)COC(=O)[C@@H]2CC(=O)N(c3ccc(C(=O)OC(C)C)cc3)C2)cc1C. The summed E-state index contributed by atoms with van der Waals surface area (Å²) in [7, 11) is 0. The van der Waals surface area contributed by atoms with Crippen LogP contribution >= 0.6 is 0 Å². The number of esters is 2. The van der Waals surface area contributed by atoms with Crippen LogP contribution in [0.2, 0.25) is 0 Å². The van der Waals surface area contributed by atoms with E-state index in [4.69, 9.17) is 9.47 Å². The molecule has 0 saturated carbocycles. The lowest BCUT2D eigenvalue weighted by atomic mass is 10.0. The standard InChI is InChI=1S/C25H27NO6/c1-15(2)32-25(30)18-7-9-21(10-8-18)26-13-20(12-23(26)28)24(29)31-14-22(27)19-6-5-16(3)17(4)11-19/h5-11,15,20H,12-14H2,1-4H3/t20-/m1/s1. The van der Waals surface area contributed by atoms with E-state index in [1.807, 2.05) is 19.9 Å². The second-order valence-corrected chi connectivity index (χ2v) is 8.24. The van der Waals surface area contributed by atoms with E-state index >= 15 is 0 Å². The van der Waals surface area contributed by atoms with Gasteiger partial charge in [0.05, 0.1) is 17.6 Å². The van der Waals surface area contributed by atoms with Crippen LogP contribution in [0.25, 0.3) is 0 Å². The molecule has 3 rings (SSSR count). The first-order valence-electron chi connectivity index (χ1n) is 10.5. The molecule has 0 bridgehead atoms. The average Bonchev–Trinajstić information content (AvgIpc) is 3.15. The Morgan fingerprint density at radius 3 is 2.28 bits per heavy atom. The Morgan fingerprint density at radius 2 is 1.66 bits per heavy atom. The monoisotopic (exact) mass is 437 g/mol. The van der Waals surface area contributed by atoms with Crippen molar-refractivity contribution in [2.75, 3.05) is 18.1 Å². The minimum atomic E-state index is -0.652. The van der Waals surface area contributed by atoms with Gasteiger partial charge >= 0.3 is 11.9 Å². The Balaban J connectivity index is 1.57. The van der Waals surface area contributed by atoms with Crippen molar-refractivity contribution in [2.45, 2.75) is 40.2 Å². The summed E-state index contributed by atoms with van der Waals surface area (Å²) in [5.41, 5.74) is 3.52. The first kappa shape index (κ1) is 23.2. The summed E-state index contributed by atoms with van der Waals surface area (Å²) >= 11 is 0. The second-order valence-electron chi connectivity index (χ2n) is 8.24. The zero-order valence-corrected chi connectivity index (χ0v) is 18.7. The average molecular weight is 437 g/mol. The summed E-state index contributed by atoms with van der Waals surface area (Å²) in [4.78, 5) is 50.7. The molecule has 1 heterocycles. The van der Waals surface area contributed by atoms with E-state index in [0.29, 0.717) is 16.8 Å². The number of ketones is 1. The lowest BCUT2D eigenvalue weighted by molar-refractivity contribution is -0.147. The number of anilines is 1. The van der Waals surface area contributed by atoms with E-state index in [1.54, 1.807) is 50.2 Å². The number of rotatable bonds is 7. The minimum Gasteiger partial charge on any atom is -0.459 e. The summed E-state index contributed by atoms with van der Waals surface area (Å²) in [5.74, 6) is -2.17. The molecule has 1 fully saturated rings. The molecule has 0 aromatic heterocycles. The Bertz CT molecular complexity index is 1040. The van der Waals surface area contributed by atoms with Crippen molar-refractivity contribution in [1.82, 2.24) is 0 Å². The molecule has 0 unspecified atom stereocenters. The molecule has 0 spiro atoms. The minimum absolute atomic E-state index is 0.00774. The van der Waals surface area contributed by atoms with Gasteiger partial charge in [-0.25, -0.2) is 4.79 Å². The first-order valence-corrected chi connectivity index (χ1v) is 10.5. The number of ether oxygens (including phenoxy) is 2. The van der Waals surface area contributed by atoms with Gasteiger partial charge in [0.25, 0.3) is 0 Å². The summed E-state index contributed by atoms with van der Waals surface area (Å²) in [6, 6.07) is 11.8. The molecule has 7 heteroatoms. The maximum atomic E-state index is 12.5. The van der Waals surface area contributed by atoms with Gasteiger partial charge < -0.3 is 14.4 Å². The van der Waals surface area contributed by atoms with Crippen molar-refractivity contribution < 1.29 is 28.7 Å². The molecule has 2 aromatic rings. The van der Waals surface area contributed by atoms with Crippen LogP contribution in [-0.4, -0.2) is 42.9 Å². The lowest BCUT2D eigenvalue weighted by Crippen LogP contribution is -2.27. The molecule has 7 nitrogen and oxygen atoms in total. The third kappa shape index (κ3) is 5.41. The number of Topliss-reactive ketones (excluding diaryl/α,β-unsaturated/α-hetero) is 1. The number of carbonyl (C=O) groups excluding carboxylic acids is 4. The highest BCUT2D eigenvalue weighted by atomic mass is 16.5. The van der Waals surface area contributed by atoms with Crippen LogP contribution in [-0.2, 0) is 19.1 Å². The molecule has 1 atom stereocenters. The Morgan fingerprint density at radius 1 is 1.00 bits per heavy atom. The van der Waals surface area contributed by atoms with E-state index in [2.05, 4.69) is 0 Å². The van der Waals surface area contributed by atoms with Gasteiger partial charge in [-0.15, -0.1) is 0 Å². The molecule has 0 N–H and O–H groups in total. The third-order valence-electron chi connectivity index (χ3n) is 5.39. The zero-order chi connectivity index (χ0) is 23.4. The number of nitrogens with zero attached hydrogens (tertiary/aromatic N) is 1. The molecular formula is C25H27NO6. The number of carbonyl (C=O) groups is 4. The highest BCUT2D eigenvalue weighted by Crippen LogP contribution is 2.26. The topological polar surface area (TPSA) is 90.0 Å². The van der Waals surface area contributed by atoms with E-state index in [0.717, 1.165) is 11.1 Å². The fourth-order valence-corrected chi connectivity index (χ4v) is 3.43. The number of hydrogen-bond acceptors (Lipinski definition) is 6. The van der Waals surface area contributed by atoms with Crippen LogP contribution in [0.3, 0.4) is 0 Å².